The number of aromatic hydroxyl groups is 1. The van der Waals surface area contributed by atoms with E-state index in [0.29, 0.717) is 17.4 Å². The standard InChI is InChI=1S/C8H7N3O2/c1-5-10-8(11-13-5)7-6(12)3-2-4-9-7/h2-4,12H,1H3. The minimum absolute atomic E-state index is 0.0447. The average Bonchev–Trinajstić information content (AvgIpc) is 2.53. The Balaban J connectivity index is 2.52. The summed E-state index contributed by atoms with van der Waals surface area (Å²) in [6.45, 7) is 1.68. The lowest BCUT2D eigenvalue weighted by molar-refractivity contribution is 0.393. The molecule has 66 valence electrons. The number of aromatic nitrogens is 3. The summed E-state index contributed by atoms with van der Waals surface area (Å²) in [6.07, 6.45) is 1.56. The summed E-state index contributed by atoms with van der Waals surface area (Å²) in [4.78, 5) is 7.87. The van der Waals surface area contributed by atoms with Gasteiger partial charge in [0.25, 0.3) is 0 Å². The Morgan fingerprint density at radius 2 is 2.31 bits per heavy atom. The molecule has 0 aliphatic heterocycles. The molecule has 0 unspecified atom stereocenters. The molecule has 0 radical (unpaired) electrons. The van der Waals surface area contributed by atoms with Crippen LogP contribution in [0.2, 0.25) is 0 Å². The normalized spacial score (nSPS) is 10.2. The Labute approximate surface area is 74.1 Å². The molecule has 1 N–H and O–H groups in total. The van der Waals surface area contributed by atoms with Gasteiger partial charge in [-0.1, -0.05) is 5.16 Å². The van der Waals surface area contributed by atoms with E-state index in [9.17, 15) is 5.11 Å². The maximum Gasteiger partial charge on any atom is 0.224 e. The van der Waals surface area contributed by atoms with E-state index in [0.717, 1.165) is 0 Å². The molecule has 0 atom stereocenters. The zero-order valence-corrected chi connectivity index (χ0v) is 6.93. The van der Waals surface area contributed by atoms with E-state index in [1.165, 1.54) is 6.07 Å². The molecular weight excluding hydrogens is 170 g/mol. The second-order valence-corrected chi connectivity index (χ2v) is 2.51. The van der Waals surface area contributed by atoms with Crippen LogP contribution >= 0.6 is 0 Å². The van der Waals surface area contributed by atoms with Gasteiger partial charge in [-0.2, -0.15) is 4.98 Å². The van der Waals surface area contributed by atoms with Crippen molar-refractivity contribution in [2.24, 2.45) is 0 Å². The number of aryl methyl sites for hydroxylation is 1. The number of hydrogen-bond donors (Lipinski definition) is 1. The van der Waals surface area contributed by atoms with Crippen LogP contribution in [0, 0.1) is 6.92 Å². The molecule has 0 aliphatic carbocycles. The van der Waals surface area contributed by atoms with Crippen molar-refractivity contribution in [3.05, 3.63) is 24.2 Å². The first kappa shape index (κ1) is 7.72. The molecular formula is C8H7N3O2. The van der Waals surface area contributed by atoms with Gasteiger partial charge in [0.15, 0.2) is 5.69 Å². The molecule has 13 heavy (non-hydrogen) atoms. The molecule has 0 bridgehead atoms. The maximum atomic E-state index is 9.39. The molecule has 0 amide bonds. The lowest BCUT2D eigenvalue weighted by Gasteiger charge is -1.95. The smallest absolute Gasteiger partial charge is 0.224 e. The Kier molecular flexibility index (Phi) is 1.70. The van der Waals surface area contributed by atoms with E-state index in [1.54, 1.807) is 19.2 Å². The number of pyridine rings is 1. The third kappa shape index (κ3) is 1.35. The molecule has 5 heteroatoms. The fourth-order valence-electron chi connectivity index (χ4n) is 0.965. The van der Waals surface area contributed by atoms with E-state index in [2.05, 4.69) is 15.1 Å². The van der Waals surface area contributed by atoms with Crippen LogP contribution in [-0.4, -0.2) is 20.2 Å². The highest BCUT2D eigenvalue weighted by molar-refractivity contribution is 5.57. The fraction of sp³-hybridized carbons (Fsp3) is 0.125. The van der Waals surface area contributed by atoms with Crippen molar-refractivity contribution in [1.82, 2.24) is 15.1 Å². The molecule has 2 heterocycles. The van der Waals surface area contributed by atoms with Crippen LogP contribution in [0.15, 0.2) is 22.9 Å². The molecule has 0 aliphatic rings. The molecule has 0 saturated carbocycles. The van der Waals surface area contributed by atoms with Gasteiger partial charge in [0.2, 0.25) is 11.7 Å². The van der Waals surface area contributed by atoms with Crippen LogP contribution in [-0.2, 0) is 0 Å². The molecule has 5 nitrogen and oxygen atoms in total. The summed E-state index contributed by atoms with van der Waals surface area (Å²) in [5.41, 5.74) is 0.333. The van der Waals surface area contributed by atoms with Gasteiger partial charge in [0, 0.05) is 13.1 Å². The van der Waals surface area contributed by atoms with Crippen molar-refractivity contribution in [1.29, 1.82) is 0 Å². The van der Waals surface area contributed by atoms with E-state index in [1.807, 2.05) is 0 Å². The highest BCUT2D eigenvalue weighted by atomic mass is 16.5. The summed E-state index contributed by atoms with van der Waals surface area (Å²) in [7, 11) is 0. The van der Waals surface area contributed by atoms with Gasteiger partial charge in [-0.05, 0) is 12.1 Å². The van der Waals surface area contributed by atoms with Crippen molar-refractivity contribution in [3.63, 3.8) is 0 Å². The van der Waals surface area contributed by atoms with Gasteiger partial charge in [0.1, 0.15) is 5.75 Å². The lowest BCUT2D eigenvalue weighted by atomic mass is 10.3. The monoisotopic (exact) mass is 177 g/mol. The molecule has 2 rings (SSSR count). The van der Waals surface area contributed by atoms with Gasteiger partial charge in [-0.3, -0.25) is 0 Å². The maximum absolute atomic E-state index is 9.39. The van der Waals surface area contributed by atoms with Crippen LogP contribution in [0.5, 0.6) is 5.75 Å². The van der Waals surface area contributed by atoms with Crippen molar-refractivity contribution in [3.8, 4) is 17.3 Å². The summed E-state index contributed by atoms with van der Waals surface area (Å²) in [5, 5.41) is 13.0. The second kappa shape index (κ2) is 2.85. The minimum atomic E-state index is 0.0447. The number of rotatable bonds is 1. The summed E-state index contributed by atoms with van der Waals surface area (Å²) in [6, 6.07) is 3.15. The number of nitrogens with zero attached hydrogens (tertiary/aromatic N) is 3. The second-order valence-electron chi connectivity index (χ2n) is 2.51. The lowest BCUT2D eigenvalue weighted by Crippen LogP contribution is -1.85. The molecule has 0 saturated heterocycles. The van der Waals surface area contributed by atoms with Crippen LogP contribution in [0.3, 0.4) is 0 Å². The van der Waals surface area contributed by atoms with E-state index in [4.69, 9.17) is 4.52 Å². The van der Waals surface area contributed by atoms with E-state index >= 15 is 0 Å². The first-order chi connectivity index (χ1) is 6.27. The Hall–Kier alpha value is -1.91. The number of hydrogen-bond acceptors (Lipinski definition) is 5. The Bertz CT molecular complexity index is 425. The Morgan fingerprint density at radius 3 is 2.92 bits per heavy atom. The van der Waals surface area contributed by atoms with Gasteiger partial charge in [-0.15, -0.1) is 0 Å². The van der Waals surface area contributed by atoms with Gasteiger partial charge >= 0.3 is 0 Å². The summed E-state index contributed by atoms with van der Waals surface area (Å²) >= 11 is 0. The Morgan fingerprint density at radius 1 is 1.46 bits per heavy atom. The van der Waals surface area contributed by atoms with Crippen LogP contribution in [0.4, 0.5) is 0 Å². The van der Waals surface area contributed by atoms with Crippen LogP contribution < -0.4 is 0 Å². The molecule has 0 aromatic carbocycles. The molecule has 2 aromatic heterocycles. The van der Waals surface area contributed by atoms with Gasteiger partial charge in [-0.25, -0.2) is 4.98 Å². The quantitative estimate of drug-likeness (QED) is 0.707. The summed E-state index contributed by atoms with van der Waals surface area (Å²) < 4.78 is 4.76. The van der Waals surface area contributed by atoms with Gasteiger partial charge in [0.05, 0.1) is 0 Å². The largest absolute Gasteiger partial charge is 0.506 e. The first-order valence-electron chi connectivity index (χ1n) is 3.72. The third-order valence-electron chi connectivity index (χ3n) is 1.53. The van der Waals surface area contributed by atoms with Gasteiger partial charge < -0.3 is 9.63 Å². The van der Waals surface area contributed by atoms with E-state index < -0.39 is 0 Å². The van der Waals surface area contributed by atoms with Crippen molar-refractivity contribution >= 4 is 0 Å². The predicted molar refractivity (Wildman–Crippen MR) is 43.9 cm³/mol. The zero-order valence-electron chi connectivity index (χ0n) is 6.93. The zero-order chi connectivity index (χ0) is 9.26. The molecule has 0 spiro atoms. The fourth-order valence-corrected chi connectivity index (χ4v) is 0.965. The minimum Gasteiger partial charge on any atom is -0.506 e. The highest BCUT2D eigenvalue weighted by Gasteiger charge is 2.10. The highest BCUT2D eigenvalue weighted by Crippen LogP contribution is 2.22. The molecule has 0 fully saturated rings. The average molecular weight is 177 g/mol. The predicted octanol–water partition coefficient (Wildman–Crippen LogP) is 1.15. The first-order valence-corrected chi connectivity index (χ1v) is 3.72. The third-order valence-corrected chi connectivity index (χ3v) is 1.53. The van der Waals surface area contributed by atoms with Crippen molar-refractivity contribution in [2.45, 2.75) is 6.92 Å². The SMILES string of the molecule is Cc1nc(-c2ncccc2O)no1. The topological polar surface area (TPSA) is 72.0 Å². The van der Waals surface area contributed by atoms with Crippen LogP contribution in [0.25, 0.3) is 11.5 Å². The molecule has 2 aromatic rings. The van der Waals surface area contributed by atoms with Crippen molar-refractivity contribution in [2.75, 3.05) is 0 Å². The van der Waals surface area contributed by atoms with Crippen molar-refractivity contribution < 1.29 is 9.63 Å². The van der Waals surface area contributed by atoms with E-state index in [-0.39, 0.29) is 5.75 Å². The summed E-state index contributed by atoms with van der Waals surface area (Å²) in [5.74, 6) is 0.791. The van der Waals surface area contributed by atoms with Crippen LogP contribution in [0.1, 0.15) is 5.89 Å².